The summed E-state index contributed by atoms with van der Waals surface area (Å²) in [6.07, 6.45) is 0. The molecule has 86 valence electrons. The predicted molar refractivity (Wildman–Crippen MR) is 63.5 cm³/mol. The highest BCUT2D eigenvalue weighted by Gasteiger charge is 2.10. The van der Waals surface area contributed by atoms with Gasteiger partial charge >= 0.3 is 11.8 Å². The van der Waals surface area contributed by atoms with Crippen LogP contribution < -0.4 is 15.5 Å². The van der Waals surface area contributed by atoms with Crippen molar-refractivity contribution >= 4 is 23.2 Å². The predicted octanol–water partition coefficient (Wildman–Crippen LogP) is 0.437. The van der Waals surface area contributed by atoms with E-state index >= 15 is 0 Å². The van der Waals surface area contributed by atoms with Gasteiger partial charge in [0.25, 0.3) is 0 Å². The van der Waals surface area contributed by atoms with Crippen molar-refractivity contribution in [3.8, 4) is 0 Å². The molecule has 0 saturated carbocycles. The first-order valence-electron chi connectivity index (χ1n) is 4.85. The summed E-state index contributed by atoms with van der Waals surface area (Å²) in [6.45, 7) is 0. The lowest BCUT2D eigenvalue weighted by atomic mass is 10.2. The van der Waals surface area contributed by atoms with Gasteiger partial charge in [-0.2, -0.15) is 0 Å². The molecule has 5 heteroatoms. The zero-order valence-electron chi connectivity index (χ0n) is 9.57. The molecule has 0 unspecified atom stereocenters. The highest BCUT2D eigenvalue weighted by Crippen LogP contribution is 2.15. The van der Waals surface area contributed by atoms with E-state index < -0.39 is 11.8 Å². The summed E-state index contributed by atoms with van der Waals surface area (Å²) in [5.41, 5.74) is 1.62. The number of amides is 2. The van der Waals surface area contributed by atoms with Crippen LogP contribution in [0.5, 0.6) is 0 Å². The van der Waals surface area contributed by atoms with Gasteiger partial charge in [-0.3, -0.25) is 9.59 Å². The number of benzene rings is 1. The number of hydrogen-bond acceptors (Lipinski definition) is 3. The number of carbonyl (C=O) groups is 2. The number of rotatable bonds is 2. The second-order valence-electron chi connectivity index (χ2n) is 3.47. The van der Waals surface area contributed by atoms with Crippen molar-refractivity contribution in [2.24, 2.45) is 0 Å². The number of nitrogens with one attached hydrogen (secondary N) is 2. The van der Waals surface area contributed by atoms with Gasteiger partial charge in [-0.15, -0.1) is 0 Å². The number of nitrogens with zero attached hydrogens (tertiary/aromatic N) is 1. The maximum Gasteiger partial charge on any atom is 0.313 e. The van der Waals surface area contributed by atoms with Gasteiger partial charge in [-0.1, -0.05) is 0 Å². The molecule has 0 aliphatic rings. The summed E-state index contributed by atoms with van der Waals surface area (Å²) < 4.78 is 0. The zero-order chi connectivity index (χ0) is 12.1. The standard InChI is InChI=1S/C11H15N3O2/c1-12-10(15)11(16)13-8-4-6-9(7-5-8)14(2)3/h4-7H,1-3H3,(H,12,15)(H,13,16). The third-order valence-corrected chi connectivity index (χ3v) is 2.07. The molecule has 0 radical (unpaired) electrons. The minimum Gasteiger partial charge on any atom is -0.378 e. The quantitative estimate of drug-likeness (QED) is 0.712. The van der Waals surface area contributed by atoms with Crippen molar-refractivity contribution in [3.05, 3.63) is 24.3 Å². The lowest BCUT2D eigenvalue weighted by molar-refractivity contribution is -0.135. The van der Waals surface area contributed by atoms with Crippen molar-refractivity contribution in [3.63, 3.8) is 0 Å². The molecule has 2 amide bonds. The Bertz CT molecular complexity index is 385. The van der Waals surface area contributed by atoms with Gasteiger partial charge in [-0.05, 0) is 24.3 Å². The molecule has 16 heavy (non-hydrogen) atoms. The highest BCUT2D eigenvalue weighted by atomic mass is 16.2. The summed E-state index contributed by atoms with van der Waals surface area (Å²) in [7, 11) is 5.27. The highest BCUT2D eigenvalue weighted by molar-refractivity contribution is 6.39. The Hall–Kier alpha value is -2.04. The Morgan fingerprint density at radius 2 is 1.62 bits per heavy atom. The third-order valence-electron chi connectivity index (χ3n) is 2.07. The van der Waals surface area contributed by atoms with E-state index in [4.69, 9.17) is 0 Å². The fourth-order valence-corrected chi connectivity index (χ4v) is 1.14. The molecule has 1 rings (SSSR count). The molecule has 0 spiro atoms. The Morgan fingerprint density at radius 1 is 1.06 bits per heavy atom. The molecule has 2 N–H and O–H groups in total. The van der Waals surface area contributed by atoms with Crippen molar-refractivity contribution in [2.75, 3.05) is 31.4 Å². The Morgan fingerprint density at radius 3 is 2.06 bits per heavy atom. The van der Waals surface area contributed by atoms with E-state index in [0.717, 1.165) is 5.69 Å². The van der Waals surface area contributed by atoms with Crippen molar-refractivity contribution in [1.82, 2.24) is 5.32 Å². The summed E-state index contributed by atoms with van der Waals surface area (Å²) in [5, 5.41) is 4.74. The zero-order valence-corrected chi connectivity index (χ0v) is 9.57. The molecule has 1 aromatic rings. The van der Waals surface area contributed by atoms with Crippen LogP contribution >= 0.6 is 0 Å². The molecule has 0 heterocycles. The maximum absolute atomic E-state index is 11.2. The molecular weight excluding hydrogens is 206 g/mol. The molecule has 0 bridgehead atoms. The van der Waals surface area contributed by atoms with Gasteiger partial charge < -0.3 is 15.5 Å². The fourth-order valence-electron chi connectivity index (χ4n) is 1.14. The minimum absolute atomic E-state index is 0.596. The van der Waals surface area contributed by atoms with Gasteiger partial charge in [0.1, 0.15) is 0 Å². The van der Waals surface area contributed by atoms with Crippen molar-refractivity contribution < 1.29 is 9.59 Å². The average Bonchev–Trinajstić information content (AvgIpc) is 2.28. The summed E-state index contributed by atoms with van der Waals surface area (Å²) in [5.74, 6) is -1.32. The molecule has 1 aromatic carbocycles. The van der Waals surface area contributed by atoms with Crippen LogP contribution in [-0.2, 0) is 9.59 Å². The Balaban J connectivity index is 2.69. The van der Waals surface area contributed by atoms with Crippen molar-refractivity contribution in [1.29, 1.82) is 0 Å². The normalized spacial score (nSPS) is 9.44. The maximum atomic E-state index is 11.2. The molecule has 0 saturated heterocycles. The first-order valence-corrected chi connectivity index (χ1v) is 4.85. The lowest BCUT2D eigenvalue weighted by Gasteiger charge is -2.12. The van der Waals surface area contributed by atoms with E-state index in [1.807, 2.05) is 31.1 Å². The van der Waals surface area contributed by atoms with E-state index in [1.54, 1.807) is 12.1 Å². The Kier molecular flexibility index (Phi) is 3.88. The molecule has 0 aliphatic heterocycles. The Labute approximate surface area is 94.4 Å². The first-order chi connectivity index (χ1) is 7.54. The lowest BCUT2D eigenvalue weighted by Crippen LogP contribution is -2.32. The van der Waals surface area contributed by atoms with Crippen LogP contribution in [0.3, 0.4) is 0 Å². The second-order valence-corrected chi connectivity index (χ2v) is 3.47. The molecule has 0 atom stereocenters. The van der Waals surface area contributed by atoms with Gasteiger partial charge in [0.2, 0.25) is 0 Å². The van der Waals surface area contributed by atoms with Crippen LogP contribution in [0.4, 0.5) is 11.4 Å². The van der Waals surface area contributed by atoms with Gasteiger partial charge in [0, 0.05) is 32.5 Å². The minimum atomic E-state index is -0.667. The summed E-state index contributed by atoms with van der Waals surface area (Å²) in [6, 6.07) is 7.21. The second kappa shape index (κ2) is 5.16. The monoisotopic (exact) mass is 221 g/mol. The number of hydrogen-bond donors (Lipinski definition) is 2. The van der Waals surface area contributed by atoms with Crippen LogP contribution in [0.1, 0.15) is 0 Å². The van der Waals surface area contributed by atoms with E-state index in [9.17, 15) is 9.59 Å². The van der Waals surface area contributed by atoms with Gasteiger partial charge in [0.15, 0.2) is 0 Å². The van der Waals surface area contributed by atoms with Crippen LogP contribution in [0, 0.1) is 0 Å². The molecule has 0 fully saturated rings. The van der Waals surface area contributed by atoms with Crippen LogP contribution in [0.2, 0.25) is 0 Å². The van der Waals surface area contributed by atoms with Crippen LogP contribution in [0.15, 0.2) is 24.3 Å². The van der Waals surface area contributed by atoms with E-state index in [1.165, 1.54) is 7.05 Å². The average molecular weight is 221 g/mol. The molecule has 0 aromatic heterocycles. The van der Waals surface area contributed by atoms with E-state index in [-0.39, 0.29) is 0 Å². The summed E-state index contributed by atoms with van der Waals surface area (Å²) >= 11 is 0. The third kappa shape index (κ3) is 2.98. The van der Waals surface area contributed by atoms with E-state index in [2.05, 4.69) is 10.6 Å². The van der Waals surface area contributed by atoms with Crippen molar-refractivity contribution in [2.45, 2.75) is 0 Å². The smallest absolute Gasteiger partial charge is 0.313 e. The van der Waals surface area contributed by atoms with Crippen LogP contribution in [-0.4, -0.2) is 33.0 Å². The SMILES string of the molecule is CNC(=O)C(=O)Nc1ccc(N(C)C)cc1. The van der Waals surface area contributed by atoms with Gasteiger partial charge in [-0.25, -0.2) is 0 Å². The number of carbonyl (C=O) groups excluding carboxylic acids is 2. The van der Waals surface area contributed by atoms with E-state index in [0.29, 0.717) is 5.69 Å². The first kappa shape index (κ1) is 12.0. The summed E-state index contributed by atoms with van der Waals surface area (Å²) in [4.78, 5) is 24.1. The molecular formula is C11H15N3O2. The van der Waals surface area contributed by atoms with Crippen LogP contribution in [0.25, 0.3) is 0 Å². The number of likely N-dealkylation sites (N-methyl/N-ethyl adjacent to an activating group) is 1. The fraction of sp³-hybridized carbons (Fsp3) is 0.273. The number of anilines is 2. The van der Waals surface area contributed by atoms with Gasteiger partial charge in [0.05, 0.1) is 0 Å². The largest absolute Gasteiger partial charge is 0.378 e. The molecule has 0 aliphatic carbocycles. The molecule has 5 nitrogen and oxygen atoms in total. The topological polar surface area (TPSA) is 61.4 Å².